The lowest BCUT2D eigenvalue weighted by Crippen LogP contribution is -2.49. The fraction of sp³-hybridized carbons (Fsp3) is 0.579. The largest absolute Gasteiger partial charge is 0.352 e. The highest BCUT2D eigenvalue weighted by molar-refractivity contribution is 5.88. The van der Waals surface area contributed by atoms with E-state index in [4.69, 9.17) is 5.73 Å². The maximum absolute atomic E-state index is 12.6. The summed E-state index contributed by atoms with van der Waals surface area (Å²) >= 11 is 0. The van der Waals surface area contributed by atoms with Gasteiger partial charge in [0.15, 0.2) is 0 Å². The standard InChI is InChI=1S/C19H27N3O2/c1-12(23)22-17-7-2-4-13(8-17)11-21-19(24)16-9-14-5-3-6-15(10-16)18(14)20/h2,4,7-8,14-16,18H,3,5-6,9-11,20H2,1H3,(H,21,24)(H,22,23). The van der Waals surface area contributed by atoms with E-state index in [0.717, 1.165) is 24.1 Å². The van der Waals surface area contributed by atoms with Gasteiger partial charge in [-0.15, -0.1) is 0 Å². The van der Waals surface area contributed by atoms with Gasteiger partial charge < -0.3 is 16.4 Å². The van der Waals surface area contributed by atoms with E-state index in [2.05, 4.69) is 10.6 Å². The summed E-state index contributed by atoms with van der Waals surface area (Å²) in [5, 5.41) is 5.82. The fourth-order valence-corrected chi connectivity index (χ4v) is 4.30. The first kappa shape index (κ1) is 17.0. The number of rotatable bonds is 4. The normalized spacial score (nSPS) is 28.9. The second-order valence-corrected chi connectivity index (χ2v) is 7.30. The van der Waals surface area contributed by atoms with E-state index in [9.17, 15) is 9.59 Å². The van der Waals surface area contributed by atoms with Crippen molar-refractivity contribution in [2.75, 3.05) is 5.32 Å². The molecular formula is C19H27N3O2. The average Bonchev–Trinajstić information content (AvgIpc) is 2.52. The van der Waals surface area contributed by atoms with Crippen molar-refractivity contribution < 1.29 is 9.59 Å². The van der Waals surface area contributed by atoms with Crippen molar-refractivity contribution in [1.29, 1.82) is 0 Å². The number of hydrogen-bond acceptors (Lipinski definition) is 3. The number of benzene rings is 1. The highest BCUT2D eigenvalue weighted by atomic mass is 16.2. The molecular weight excluding hydrogens is 302 g/mol. The first-order chi connectivity index (χ1) is 11.5. The molecule has 1 aromatic carbocycles. The third kappa shape index (κ3) is 3.96. The van der Waals surface area contributed by atoms with Crippen LogP contribution in [0.25, 0.3) is 0 Å². The molecule has 0 radical (unpaired) electrons. The topological polar surface area (TPSA) is 84.2 Å². The van der Waals surface area contributed by atoms with Crippen LogP contribution in [0.15, 0.2) is 24.3 Å². The first-order valence-corrected chi connectivity index (χ1v) is 8.92. The molecule has 2 aliphatic rings. The Morgan fingerprint density at radius 2 is 1.92 bits per heavy atom. The van der Waals surface area contributed by atoms with E-state index < -0.39 is 0 Å². The number of hydrogen-bond donors (Lipinski definition) is 3. The van der Waals surface area contributed by atoms with Gasteiger partial charge in [-0.05, 0) is 55.2 Å². The third-order valence-corrected chi connectivity index (χ3v) is 5.50. The number of carbonyl (C=O) groups excluding carboxylic acids is 2. The van der Waals surface area contributed by atoms with E-state index in [1.807, 2.05) is 24.3 Å². The lowest BCUT2D eigenvalue weighted by Gasteiger charge is -2.43. The Morgan fingerprint density at radius 1 is 1.21 bits per heavy atom. The zero-order chi connectivity index (χ0) is 17.1. The molecule has 2 amide bonds. The SMILES string of the molecule is CC(=O)Nc1cccc(CNC(=O)C2CC3CCCC(C2)C3N)c1. The summed E-state index contributed by atoms with van der Waals surface area (Å²) < 4.78 is 0. The summed E-state index contributed by atoms with van der Waals surface area (Å²) in [7, 11) is 0. The fourth-order valence-electron chi connectivity index (χ4n) is 4.30. The molecule has 2 unspecified atom stereocenters. The number of fused-ring (bicyclic) bond motifs is 2. The molecule has 2 bridgehead atoms. The van der Waals surface area contributed by atoms with E-state index in [0.29, 0.717) is 18.4 Å². The van der Waals surface area contributed by atoms with Gasteiger partial charge in [0, 0.05) is 31.1 Å². The molecule has 0 spiro atoms. The van der Waals surface area contributed by atoms with E-state index in [-0.39, 0.29) is 23.8 Å². The van der Waals surface area contributed by atoms with Crippen LogP contribution in [0.4, 0.5) is 5.69 Å². The predicted octanol–water partition coefficient (Wildman–Crippen LogP) is 2.41. The Bertz CT molecular complexity index is 602. The molecule has 3 rings (SSSR count). The highest BCUT2D eigenvalue weighted by Crippen LogP contribution is 2.41. The Morgan fingerprint density at radius 3 is 2.58 bits per heavy atom. The van der Waals surface area contributed by atoms with Crippen molar-refractivity contribution >= 4 is 17.5 Å². The van der Waals surface area contributed by atoms with Crippen molar-refractivity contribution in [3.05, 3.63) is 29.8 Å². The molecule has 24 heavy (non-hydrogen) atoms. The van der Waals surface area contributed by atoms with Crippen LogP contribution in [0, 0.1) is 17.8 Å². The van der Waals surface area contributed by atoms with Crippen molar-refractivity contribution in [1.82, 2.24) is 5.32 Å². The predicted molar refractivity (Wildman–Crippen MR) is 94.1 cm³/mol. The lowest BCUT2D eigenvalue weighted by molar-refractivity contribution is -0.128. The number of nitrogens with two attached hydrogens (primary N) is 1. The van der Waals surface area contributed by atoms with Crippen LogP contribution < -0.4 is 16.4 Å². The van der Waals surface area contributed by atoms with Crippen LogP contribution in [0.2, 0.25) is 0 Å². The van der Waals surface area contributed by atoms with Crippen LogP contribution >= 0.6 is 0 Å². The second-order valence-electron chi connectivity index (χ2n) is 7.30. The van der Waals surface area contributed by atoms with Gasteiger partial charge in [0.1, 0.15) is 0 Å². The molecule has 4 N–H and O–H groups in total. The van der Waals surface area contributed by atoms with E-state index >= 15 is 0 Å². The van der Waals surface area contributed by atoms with E-state index in [1.165, 1.54) is 26.2 Å². The third-order valence-electron chi connectivity index (χ3n) is 5.50. The summed E-state index contributed by atoms with van der Waals surface area (Å²) in [6.07, 6.45) is 5.44. The molecule has 0 aromatic heterocycles. The minimum atomic E-state index is -0.0960. The van der Waals surface area contributed by atoms with Crippen LogP contribution in [0.3, 0.4) is 0 Å². The van der Waals surface area contributed by atoms with Gasteiger partial charge in [-0.1, -0.05) is 18.6 Å². The van der Waals surface area contributed by atoms with Gasteiger partial charge in [-0.2, -0.15) is 0 Å². The smallest absolute Gasteiger partial charge is 0.223 e. The van der Waals surface area contributed by atoms with Crippen LogP contribution in [-0.4, -0.2) is 17.9 Å². The Balaban J connectivity index is 1.55. The lowest BCUT2D eigenvalue weighted by atomic mass is 9.65. The van der Waals surface area contributed by atoms with Gasteiger partial charge in [-0.3, -0.25) is 9.59 Å². The molecule has 0 heterocycles. The summed E-state index contributed by atoms with van der Waals surface area (Å²) in [4.78, 5) is 23.7. The number of amides is 2. The maximum atomic E-state index is 12.6. The number of nitrogens with one attached hydrogen (secondary N) is 2. The van der Waals surface area contributed by atoms with Gasteiger partial charge in [0.25, 0.3) is 0 Å². The Labute approximate surface area is 143 Å². The molecule has 130 valence electrons. The van der Waals surface area contributed by atoms with Crippen molar-refractivity contribution in [2.45, 2.75) is 51.6 Å². The van der Waals surface area contributed by atoms with Gasteiger partial charge in [-0.25, -0.2) is 0 Å². The summed E-state index contributed by atoms with van der Waals surface area (Å²) in [6, 6.07) is 7.87. The summed E-state index contributed by atoms with van der Waals surface area (Å²) in [6.45, 7) is 1.98. The molecule has 2 saturated carbocycles. The van der Waals surface area contributed by atoms with E-state index in [1.54, 1.807) is 0 Å². The van der Waals surface area contributed by atoms with Crippen LogP contribution in [0.1, 0.15) is 44.6 Å². The molecule has 5 nitrogen and oxygen atoms in total. The molecule has 0 saturated heterocycles. The molecule has 0 aliphatic heterocycles. The average molecular weight is 329 g/mol. The minimum Gasteiger partial charge on any atom is -0.352 e. The quantitative estimate of drug-likeness (QED) is 0.793. The van der Waals surface area contributed by atoms with Crippen molar-refractivity contribution in [3.63, 3.8) is 0 Å². The molecule has 5 heteroatoms. The van der Waals surface area contributed by atoms with Gasteiger partial charge in [0.2, 0.25) is 11.8 Å². The summed E-state index contributed by atoms with van der Waals surface area (Å²) in [5.74, 6) is 1.16. The van der Waals surface area contributed by atoms with Crippen molar-refractivity contribution in [2.24, 2.45) is 23.5 Å². The highest BCUT2D eigenvalue weighted by Gasteiger charge is 2.40. The molecule has 2 fully saturated rings. The van der Waals surface area contributed by atoms with Gasteiger partial charge >= 0.3 is 0 Å². The van der Waals surface area contributed by atoms with Crippen molar-refractivity contribution in [3.8, 4) is 0 Å². The zero-order valence-corrected chi connectivity index (χ0v) is 14.3. The second kappa shape index (κ2) is 7.34. The number of anilines is 1. The molecule has 2 aliphatic carbocycles. The molecule has 1 aromatic rings. The summed E-state index contributed by atoms with van der Waals surface area (Å²) in [5.41, 5.74) is 8.05. The van der Waals surface area contributed by atoms with Crippen LogP contribution in [-0.2, 0) is 16.1 Å². The Kier molecular flexibility index (Phi) is 5.19. The zero-order valence-electron chi connectivity index (χ0n) is 14.3. The monoisotopic (exact) mass is 329 g/mol. The van der Waals surface area contributed by atoms with Gasteiger partial charge in [0.05, 0.1) is 0 Å². The first-order valence-electron chi connectivity index (χ1n) is 8.92. The number of carbonyl (C=O) groups is 2. The van der Waals surface area contributed by atoms with Crippen LogP contribution in [0.5, 0.6) is 0 Å². The maximum Gasteiger partial charge on any atom is 0.223 e. The molecule has 2 atom stereocenters. The minimum absolute atomic E-state index is 0.0960. The Hall–Kier alpha value is -1.88.